The summed E-state index contributed by atoms with van der Waals surface area (Å²) >= 11 is 12.3. The first-order valence-corrected chi connectivity index (χ1v) is 5.89. The number of halogens is 3. The number of hydrogen-bond acceptors (Lipinski definition) is 4. The Morgan fingerprint density at radius 1 is 1.35 bits per heavy atom. The van der Waals surface area contributed by atoms with Crippen LogP contribution >= 0.6 is 34.5 Å². The summed E-state index contributed by atoms with van der Waals surface area (Å²) in [4.78, 5) is 11.6. The van der Waals surface area contributed by atoms with E-state index >= 15 is 0 Å². The van der Waals surface area contributed by atoms with Gasteiger partial charge in [0, 0.05) is 0 Å². The predicted molar refractivity (Wildman–Crippen MR) is 64.3 cm³/mol. The topological polar surface area (TPSA) is 54.9 Å². The molecule has 1 heterocycles. The smallest absolute Gasteiger partial charge is 0.286 e. The molecule has 0 unspecified atom stereocenters. The number of hydrogen-bond donors (Lipinski definition) is 1. The summed E-state index contributed by atoms with van der Waals surface area (Å²) in [6.07, 6.45) is 0. The van der Waals surface area contributed by atoms with Gasteiger partial charge in [-0.2, -0.15) is 0 Å². The predicted octanol–water partition coefficient (Wildman–Crippen LogP) is 3.24. The van der Waals surface area contributed by atoms with Crippen molar-refractivity contribution in [1.82, 2.24) is 10.2 Å². The van der Waals surface area contributed by atoms with Crippen LogP contribution in [0.1, 0.15) is 9.80 Å². The van der Waals surface area contributed by atoms with Gasteiger partial charge in [0.1, 0.15) is 5.82 Å². The fraction of sp³-hybridized carbons (Fsp3) is 0. The highest BCUT2D eigenvalue weighted by molar-refractivity contribution is 7.17. The van der Waals surface area contributed by atoms with E-state index in [1.54, 1.807) is 0 Å². The van der Waals surface area contributed by atoms with Gasteiger partial charge < -0.3 is 5.32 Å². The molecule has 0 saturated carbocycles. The van der Waals surface area contributed by atoms with Crippen LogP contribution in [0.3, 0.4) is 0 Å². The van der Waals surface area contributed by atoms with Gasteiger partial charge in [-0.3, -0.25) is 4.79 Å². The highest BCUT2D eigenvalue weighted by atomic mass is 35.5. The molecule has 1 amide bonds. The van der Waals surface area contributed by atoms with E-state index < -0.39 is 11.7 Å². The average molecular weight is 292 g/mol. The van der Waals surface area contributed by atoms with Gasteiger partial charge in [-0.1, -0.05) is 22.9 Å². The third-order valence-electron chi connectivity index (χ3n) is 1.77. The molecule has 0 bridgehead atoms. The van der Waals surface area contributed by atoms with Crippen LogP contribution < -0.4 is 5.32 Å². The van der Waals surface area contributed by atoms with Gasteiger partial charge in [-0.05, 0) is 29.8 Å². The number of nitrogens with zero attached hydrogens (tertiary/aromatic N) is 2. The summed E-state index contributed by atoms with van der Waals surface area (Å²) in [6.45, 7) is 0. The molecule has 0 atom stereocenters. The molecule has 2 rings (SSSR count). The van der Waals surface area contributed by atoms with Gasteiger partial charge in [0.15, 0.2) is 0 Å². The zero-order valence-corrected chi connectivity index (χ0v) is 10.4. The molecule has 88 valence electrons. The lowest BCUT2D eigenvalue weighted by atomic mass is 10.3. The summed E-state index contributed by atoms with van der Waals surface area (Å²) in [5.74, 6) is -1.04. The van der Waals surface area contributed by atoms with Crippen molar-refractivity contribution in [3.8, 4) is 0 Å². The van der Waals surface area contributed by atoms with Crippen LogP contribution in [0.2, 0.25) is 9.49 Å². The summed E-state index contributed by atoms with van der Waals surface area (Å²) in [7, 11) is 0. The quantitative estimate of drug-likeness (QED) is 0.924. The molecule has 1 aromatic heterocycles. The first kappa shape index (κ1) is 12.2. The van der Waals surface area contributed by atoms with Crippen LogP contribution in [0, 0.1) is 5.82 Å². The molecule has 0 spiro atoms. The molecular weight excluding hydrogens is 288 g/mol. The fourth-order valence-corrected chi connectivity index (χ4v) is 1.95. The molecule has 0 aliphatic heterocycles. The lowest BCUT2D eigenvalue weighted by molar-refractivity contribution is 0.102. The van der Waals surface area contributed by atoms with Crippen LogP contribution in [0.5, 0.6) is 0 Å². The van der Waals surface area contributed by atoms with Crippen molar-refractivity contribution in [3.05, 3.63) is 38.5 Å². The molecule has 0 aliphatic carbocycles. The second-order valence-corrected chi connectivity index (χ2v) is 4.91. The number of carbonyl (C=O) groups excluding carboxylic acids is 1. The zero-order valence-electron chi connectivity index (χ0n) is 8.08. The Morgan fingerprint density at radius 3 is 2.76 bits per heavy atom. The Kier molecular flexibility index (Phi) is 3.56. The normalized spacial score (nSPS) is 10.3. The summed E-state index contributed by atoms with van der Waals surface area (Å²) in [6, 6.07) is 3.66. The average Bonchev–Trinajstić information content (AvgIpc) is 2.70. The first-order valence-electron chi connectivity index (χ1n) is 4.31. The number of nitrogens with one attached hydrogen (secondary N) is 1. The lowest BCUT2D eigenvalue weighted by Crippen LogP contribution is -2.12. The van der Waals surface area contributed by atoms with Gasteiger partial charge in [-0.15, -0.1) is 10.2 Å². The van der Waals surface area contributed by atoms with E-state index in [0.717, 1.165) is 17.4 Å². The number of rotatable bonds is 2. The molecule has 17 heavy (non-hydrogen) atoms. The number of aromatic nitrogens is 2. The van der Waals surface area contributed by atoms with Gasteiger partial charge >= 0.3 is 0 Å². The second-order valence-electron chi connectivity index (χ2n) is 2.94. The van der Waals surface area contributed by atoms with E-state index in [2.05, 4.69) is 15.5 Å². The molecule has 8 heteroatoms. The van der Waals surface area contributed by atoms with Gasteiger partial charge in [0.05, 0.1) is 10.7 Å². The highest BCUT2D eigenvalue weighted by Crippen LogP contribution is 2.24. The molecule has 0 aliphatic rings. The van der Waals surface area contributed by atoms with Gasteiger partial charge in [0.25, 0.3) is 5.91 Å². The lowest BCUT2D eigenvalue weighted by Gasteiger charge is -2.04. The highest BCUT2D eigenvalue weighted by Gasteiger charge is 2.13. The summed E-state index contributed by atoms with van der Waals surface area (Å²) in [5, 5.41) is 9.77. The molecule has 0 saturated heterocycles. The van der Waals surface area contributed by atoms with Crippen LogP contribution in [-0.4, -0.2) is 16.1 Å². The molecular formula is C9H4Cl2FN3OS. The van der Waals surface area contributed by atoms with Crippen LogP contribution in [0.15, 0.2) is 18.2 Å². The second kappa shape index (κ2) is 4.95. The monoisotopic (exact) mass is 291 g/mol. The van der Waals surface area contributed by atoms with Crippen LogP contribution in [-0.2, 0) is 0 Å². The Labute approximate surface area is 109 Å². The SMILES string of the molecule is O=C(Nc1cc(F)ccc1Cl)c1nnc(Cl)s1. The summed E-state index contributed by atoms with van der Waals surface area (Å²) < 4.78 is 13.1. The third-order valence-corrected chi connectivity index (χ3v) is 3.12. The fourth-order valence-electron chi connectivity index (χ4n) is 1.07. The van der Waals surface area contributed by atoms with Crippen molar-refractivity contribution in [2.45, 2.75) is 0 Å². The number of benzene rings is 1. The van der Waals surface area contributed by atoms with E-state index in [-0.39, 0.29) is 20.2 Å². The Bertz CT molecular complexity index is 575. The van der Waals surface area contributed by atoms with E-state index in [1.807, 2.05) is 0 Å². The minimum Gasteiger partial charge on any atom is -0.318 e. The largest absolute Gasteiger partial charge is 0.318 e. The Morgan fingerprint density at radius 2 is 2.12 bits per heavy atom. The van der Waals surface area contributed by atoms with Gasteiger partial charge in [-0.25, -0.2) is 4.39 Å². The van der Waals surface area contributed by atoms with Crippen molar-refractivity contribution in [2.75, 3.05) is 5.32 Å². The molecule has 0 radical (unpaired) electrons. The maximum atomic E-state index is 12.9. The van der Waals surface area contributed by atoms with Gasteiger partial charge in [0.2, 0.25) is 9.47 Å². The third kappa shape index (κ3) is 2.91. The van der Waals surface area contributed by atoms with E-state index in [4.69, 9.17) is 23.2 Å². The van der Waals surface area contributed by atoms with Crippen molar-refractivity contribution < 1.29 is 9.18 Å². The number of amides is 1. The number of carbonyl (C=O) groups is 1. The summed E-state index contributed by atoms with van der Waals surface area (Å²) in [5.41, 5.74) is 0.169. The zero-order chi connectivity index (χ0) is 12.4. The van der Waals surface area contributed by atoms with E-state index in [9.17, 15) is 9.18 Å². The van der Waals surface area contributed by atoms with Crippen molar-refractivity contribution in [2.24, 2.45) is 0 Å². The molecule has 1 aromatic carbocycles. The standard InChI is InChI=1S/C9H4Cl2FN3OS/c10-5-2-1-4(12)3-6(5)13-7(16)8-14-15-9(11)17-8/h1-3H,(H,13,16). The Balaban J connectivity index is 2.21. The maximum Gasteiger partial charge on any atom is 0.286 e. The van der Waals surface area contributed by atoms with Crippen LogP contribution in [0.25, 0.3) is 0 Å². The maximum absolute atomic E-state index is 12.9. The van der Waals surface area contributed by atoms with E-state index in [1.165, 1.54) is 12.1 Å². The van der Waals surface area contributed by atoms with E-state index in [0.29, 0.717) is 0 Å². The minimum absolute atomic E-state index is 0.0790. The number of anilines is 1. The molecule has 4 nitrogen and oxygen atoms in total. The van der Waals surface area contributed by atoms with Crippen molar-refractivity contribution >= 4 is 46.1 Å². The molecule has 2 aromatic rings. The van der Waals surface area contributed by atoms with Crippen LogP contribution in [0.4, 0.5) is 10.1 Å². The Hall–Kier alpha value is -1.24. The first-order chi connectivity index (χ1) is 8.06. The molecule has 0 fully saturated rings. The molecule has 1 N–H and O–H groups in total. The minimum atomic E-state index is -0.540. The van der Waals surface area contributed by atoms with Crippen molar-refractivity contribution in [3.63, 3.8) is 0 Å². The van der Waals surface area contributed by atoms with Crippen molar-refractivity contribution in [1.29, 1.82) is 0 Å².